The maximum absolute atomic E-state index is 12.7. The van der Waals surface area contributed by atoms with Gasteiger partial charge in [0.05, 0.1) is 24.0 Å². The van der Waals surface area contributed by atoms with Crippen LogP contribution < -0.4 is 21.5 Å². The standard InChI is InChI=1S/C17H25F3N6O/c18-17(19,20)12-5-7-26(8-6-12)16-22-9-14(10-23-16)24-13-3-1-11(2-4-13)15(27)25-21/h9-13,24H,1-8,21H2,(H,25,27). The van der Waals surface area contributed by atoms with E-state index in [1.807, 2.05) is 0 Å². The number of halogens is 3. The van der Waals surface area contributed by atoms with Crippen molar-refractivity contribution in [1.29, 1.82) is 0 Å². The van der Waals surface area contributed by atoms with Gasteiger partial charge < -0.3 is 10.2 Å². The van der Waals surface area contributed by atoms with E-state index in [1.54, 1.807) is 17.3 Å². The first-order valence-electron chi connectivity index (χ1n) is 9.27. The van der Waals surface area contributed by atoms with Gasteiger partial charge in [0.15, 0.2) is 0 Å². The molecular formula is C17H25F3N6O. The summed E-state index contributed by atoms with van der Waals surface area (Å²) in [7, 11) is 0. The minimum Gasteiger partial charge on any atom is -0.380 e. The van der Waals surface area contributed by atoms with E-state index in [0.717, 1.165) is 31.4 Å². The third kappa shape index (κ3) is 5.00. The second-order valence-electron chi connectivity index (χ2n) is 7.28. The van der Waals surface area contributed by atoms with E-state index < -0.39 is 12.1 Å². The van der Waals surface area contributed by atoms with Crippen molar-refractivity contribution in [1.82, 2.24) is 15.4 Å². The highest BCUT2D eigenvalue weighted by Crippen LogP contribution is 2.34. The third-order valence-electron chi connectivity index (χ3n) is 5.49. The van der Waals surface area contributed by atoms with Gasteiger partial charge in [-0.05, 0) is 38.5 Å². The molecule has 7 nitrogen and oxygen atoms in total. The number of nitrogens with one attached hydrogen (secondary N) is 2. The molecule has 1 saturated carbocycles. The molecule has 0 spiro atoms. The normalized spacial score (nSPS) is 24.5. The first kappa shape index (κ1) is 19.7. The topological polar surface area (TPSA) is 96.2 Å². The van der Waals surface area contributed by atoms with Crippen LogP contribution >= 0.6 is 0 Å². The molecule has 1 aromatic heterocycles. The molecule has 0 radical (unpaired) electrons. The lowest BCUT2D eigenvalue weighted by molar-refractivity contribution is -0.179. The number of rotatable bonds is 4. The molecule has 1 amide bonds. The zero-order valence-corrected chi connectivity index (χ0v) is 15.0. The molecule has 2 aliphatic rings. The Kier molecular flexibility index (Phi) is 6.03. The Morgan fingerprint density at radius 1 is 1.07 bits per heavy atom. The average Bonchev–Trinajstić information content (AvgIpc) is 2.68. The summed E-state index contributed by atoms with van der Waals surface area (Å²) in [6.45, 7) is 0.619. The summed E-state index contributed by atoms with van der Waals surface area (Å²) in [4.78, 5) is 21.9. The molecule has 1 aliphatic carbocycles. The summed E-state index contributed by atoms with van der Waals surface area (Å²) in [6, 6.07) is 0.240. The predicted molar refractivity (Wildman–Crippen MR) is 94.7 cm³/mol. The van der Waals surface area contributed by atoms with Crippen LogP contribution in [-0.4, -0.2) is 41.2 Å². The quantitative estimate of drug-likeness (QED) is 0.417. The molecule has 0 atom stereocenters. The monoisotopic (exact) mass is 386 g/mol. The van der Waals surface area contributed by atoms with E-state index in [4.69, 9.17) is 5.84 Å². The fraction of sp³-hybridized carbons (Fsp3) is 0.706. The van der Waals surface area contributed by atoms with Crippen molar-refractivity contribution in [3.8, 4) is 0 Å². The van der Waals surface area contributed by atoms with Crippen LogP contribution in [0.2, 0.25) is 0 Å². The molecule has 0 aromatic carbocycles. The predicted octanol–water partition coefficient (Wildman–Crippen LogP) is 2.22. The van der Waals surface area contributed by atoms with Crippen LogP contribution in [0.5, 0.6) is 0 Å². The lowest BCUT2D eigenvalue weighted by Gasteiger charge is -2.33. The van der Waals surface area contributed by atoms with E-state index in [1.165, 1.54) is 0 Å². The van der Waals surface area contributed by atoms with Crippen LogP contribution in [0.25, 0.3) is 0 Å². The van der Waals surface area contributed by atoms with Crippen LogP contribution in [0.3, 0.4) is 0 Å². The number of carbonyl (C=O) groups is 1. The van der Waals surface area contributed by atoms with Gasteiger partial charge in [-0.3, -0.25) is 10.2 Å². The number of alkyl halides is 3. The first-order valence-corrected chi connectivity index (χ1v) is 9.27. The maximum Gasteiger partial charge on any atom is 0.391 e. The highest BCUT2D eigenvalue weighted by Gasteiger charge is 2.41. The van der Waals surface area contributed by atoms with Gasteiger partial charge in [0.2, 0.25) is 11.9 Å². The molecule has 1 aromatic rings. The van der Waals surface area contributed by atoms with Crippen LogP contribution in [0.1, 0.15) is 38.5 Å². The molecule has 1 saturated heterocycles. The van der Waals surface area contributed by atoms with Gasteiger partial charge in [0.1, 0.15) is 0 Å². The van der Waals surface area contributed by atoms with E-state index >= 15 is 0 Å². The second-order valence-corrected chi connectivity index (χ2v) is 7.28. The summed E-state index contributed by atoms with van der Waals surface area (Å²) in [5, 5.41) is 3.36. The number of hydrogen-bond donors (Lipinski definition) is 3. The smallest absolute Gasteiger partial charge is 0.380 e. The number of hydrazine groups is 1. The molecule has 4 N–H and O–H groups in total. The fourth-order valence-electron chi connectivity index (χ4n) is 3.82. The Hall–Kier alpha value is -2.10. The van der Waals surface area contributed by atoms with Gasteiger partial charge in [0, 0.05) is 25.0 Å². The molecule has 1 aliphatic heterocycles. The number of nitrogens with two attached hydrogens (primary N) is 1. The summed E-state index contributed by atoms with van der Waals surface area (Å²) < 4.78 is 38.2. The molecule has 10 heteroatoms. The van der Waals surface area contributed by atoms with Crippen molar-refractivity contribution < 1.29 is 18.0 Å². The number of amides is 1. The van der Waals surface area contributed by atoms with E-state index in [9.17, 15) is 18.0 Å². The van der Waals surface area contributed by atoms with Gasteiger partial charge in [-0.1, -0.05) is 0 Å². The number of carbonyl (C=O) groups excluding carboxylic acids is 1. The molecule has 0 unspecified atom stereocenters. The minimum atomic E-state index is -4.12. The molecular weight excluding hydrogens is 361 g/mol. The number of nitrogens with zero attached hydrogens (tertiary/aromatic N) is 3. The SMILES string of the molecule is NNC(=O)C1CCC(Nc2cnc(N3CCC(C(F)(F)F)CC3)nc2)CC1. The molecule has 2 fully saturated rings. The minimum absolute atomic E-state index is 0.0358. The van der Waals surface area contributed by atoms with Crippen molar-refractivity contribution >= 4 is 17.5 Å². The summed E-state index contributed by atoms with van der Waals surface area (Å²) in [5.41, 5.74) is 2.97. The van der Waals surface area contributed by atoms with Crippen LogP contribution in [0.15, 0.2) is 12.4 Å². The van der Waals surface area contributed by atoms with Crippen molar-refractivity contribution in [2.24, 2.45) is 17.7 Å². The Bertz CT molecular complexity index is 623. The van der Waals surface area contributed by atoms with Crippen molar-refractivity contribution in [3.63, 3.8) is 0 Å². The number of aromatic nitrogens is 2. The molecule has 0 bridgehead atoms. The van der Waals surface area contributed by atoms with Gasteiger partial charge in [-0.25, -0.2) is 15.8 Å². The van der Waals surface area contributed by atoms with Crippen LogP contribution in [0, 0.1) is 11.8 Å². The Morgan fingerprint density at radius 3 is 2.19 bits per heavy atom. The van der Waals surface area contributed by atoms with Gasteiger partial charge in [0.25, 0.3) is 0 Å². The number of piperidine rings is 1. The van der Waals surface area contributed by atoms with Crippen molar-refractivity contribution in [2.75, 3.05) is 23.3 Å². The van der Waals surface area contributed by atoms with Gasteiger partial charge in [-0.15, -0.1) is 0 Å². The largest absolute Gasteiger partial charge is 0.391 e. The summed E-state index contributed by atoms with van der Waals surface area (Å²) in [6.07, 6.45) is 2.61. The maximum atomic E-state index is 12.7. The Balaban J connectivity index is 1.48. The molecule has 3 rings (SSSR count). The molecule has 150 valence electrons. The van der Waals surface area contributed by atoms with E-state index in [2.05, 4.69) is 20.7 Å². The lowest BCUT2D eigenvalue weighted by atomic mass is 9.85. The molecule has 2 heterocycles. The van der Waals surface area contributed by atoms with E-state index in [-0.39, 0.29) is 30.7 Å². The number of anilines is 2. The zero-order valence-electron chi connectivity index (χ0n) is 15.0. The van der Waals surface area contributed by atoms with Crippen molar-refractivity contribution in [3.05, 3.63) is 12.4 Å². The van der Waals surface area contributed by atoms with Gasteiger partial charge >= 0.3 is 6.18 Å². The van der Waals surface area contributed by atoms with Crippen LogP contribution in [0.4, 0.5) is 24.8 Å². The average molecular weight is 386 g/mol. The zero-order chi connectivity index (χ0) is 19.4. The van der Waals surface area contributed by atoms with Crippen molar-refractivity contribution in [2.45, 2.75) is 50.7 Å². The highest BCUT2D eigenvalue weighted by molar-refractivity contribution is 5.78. The highest BCUT2D eigenvalue weighted by atomic mass is 19.4. The lowest BCUT2D eigenvalue weighted by Crippen LogP contribution is -2.40. The first-order chi connectivity index (χ1) is 12.9. The van der Waals surface area contributed by atoms with Gasteiger partial charge in [-0.2, -0.15) is 13.2 Å². The fourth-order valence-corrected chi connectivity index (χ4v) is 3.82. The number of hydrogen-bond acceptors (Lipinski definition) is 6. The summed E-state index contributed by atoms with van der Waals surface area (Å²) in [5.74, 6) is 4.26. The summed E-state index contributed by atoms with van der Waals surface area (Å²) >= 11 is 0. The van der Waals surface area contributed by atoms with E-state index in [0.29, 0.717) is 19.0 Å². The Labute approximate surface area is 155 Å². The van der Waals surface area contributed by atoms with Crippen LogP contribution in [-0.2, 0) is 4.79 Å². The third-order valence-corrected chi connectivity index (χ3v) is 5.49. The Morgan fingerprint density at radius 2 is 1.67 bits per heavy atom. The molecule has 27 heavy (non-hydrogen) atoms. The second kappa shape index (κ2) is 8.28.